The summed E-state index contributed by atoms with van der Waals surface area (Å²) in [4.78, 5) is 35.0. The highest BCUT2D eigenvalue weighted by Gasteiger charge is 2.43. The second-order valence-corrected chi connectivity index (χ2v) is 15.5. The van der Waals surface area contributed by atoms with Gasteiger partial charge < -0.3 is 19.1 Å². The van der Waals surface area contributed by atoms with E-state index in [-0.39, 0.29) is 24.8 Å². The summed E-state index contributed by atoms with van der Waals surface area (Å²) in [6.07, 6.45) is 1.98. The number of nitrogens with zero attached hydrogens (tertiary/aromatic N) is 4. The number of alkyl halides is 1. The van der Waals surface area contributed by atoms with Gasteiger partial charge in [-0.05, 0) is 80.4 Å². The minimum absolute atomic E-state index is 0.0223. The van der Waals surface area contributed by atoms with Crippen molar-refractivity contribution in [2.45, 2.75) is 110 Å². The first-order valence-electron chi connectivity index (χ1n) is 15.3. The summed E-state index contributed by atoms with van der Waals surface area (Å²) < 4.78 is 34.8. The summed E-state index contributed by atoms with van der Waals surface area (Å²) in [7, 11) is 0. The van der Waals surface area contributed by atoms with Crippen LogP contribution >= 0.6 is 11.3 Å². The van der Waals surface area contributed by atoms with Crippen LogP contribution in [0.3, 0.4) is 0 Å². The summed E-state index contributed by atoms with van der Waals surface area (Å²) in [5, 5.41) is 2.28. The monoisotopic (exact) mass is 628 g/mol. The highest BCUT2D eigenvalue weighted by Crippen LogP contribution is 2.45. The number of rotatable bonds is 5. The molecular weight excluding hydrogens is 583 g/mol. The number of likely N-dealkylation sites (tertiary alicyclic amines) is 1. The number of benzene rings is 1. The lowest BCUT2D eigenvalue weighted by molar-refractivity contribution is 0.0275. The smallest absolute Gasteiger partial charge is 0.419 e. The summed E-state index contributed by atoms with van der Waals surface area (Å²) in [6, 6.07) is 7.30. The van der Waals surface area contributed by atoms with Gasteiger partial charge in [0.15, 0.2) is 5.06 Å². The molecule has 5 rings (SSSR count). The Labute approximate surface area is 263 Å². The molecule has 0 unspecified atom stereocenters. The average molecular weight is 629 g/mol. The first-order valence-corrected chi connectivity index (χ1v) is 16.1. The van der Waals surface area contributed by atoms with Gasteiger partial charge in [-0.3, -0.25) is 4.90 Å². The van der Waals surface area contributed by atoms with Crippen molar-refractivity contribution in [3.8, 4) is 5.06 Å². The molecule has 9 nitrogen and oxygen atoms in total. The number of carbonyl (C=O) groups is 2. The molecule has 0 radical (unpaired) electrons. The minimum Gasteiger partial charge on any atom is -0.477 e. The number of aromatic nitrogens is 2. The Hall–Kier alpha value is -3.18. The second kappa shape index (κ2) is 11.6. The zero-order valence-electron chi connectivity index (χ0n) is 27.3. The number of para-hydroxylation sites is 1. The molecular formula is C33H45FN4O5S. The van der Waals surface area contributed by atoms with E-state index in [1.807, 2.05) is 65.8 Å². The molecule has 1 saturated heterocycles. The molecule has 1 fully saturated rings. The van der Waals surface area contributed by atoms with Gasteiger partial charge in [0.2, 0.25) is 0 Å². The van der Waals surface area contributed by atoms with E-state index in [0.717, 1.165) is 22.2 Å². The van der Waals surface area contributed by atoms with Gasteiger partial charge in [0.1, 0.15) is 34.0 Å². The third kappa shape index (κ3) is 7.04. The van der Waals surface area contributed by atoms with Gasteiger partial charge in [-0.15, -0.1) is 0 Å². The van der Waals surface area contributed by atoms with Gasteiger partial charge >= 0.3 is 12.2 Å². The number of hydrogen-bond acceptors (Lipinski definition) is 8. The number of carbonyl (C=O) groups excluding carboxylic acids is 2. The summed E-state index contributed by atoms with van der Waals surface area (Å²) in [6.45, 7) is 17.4. The third-order valence-electron chi connectivity index (χ3n) is 7.63. The maximum Gasteiger partial charge on any atom is 0.419 e. The molecule has 11 heteroatoms. The molecule has 3 atom stereocenters. The lowest BCUT2D eigenvalue weighted by Gasteiger charge is -2.42. The van der Waals surface area contributed by atoms with E-state index in [1.54, 1.807) is 29.5 Å². The van der Waals surface area contributed by atoms with E-state index in [2.05, 4.69) is 11.8 Å². The van der Waals surface area contributed by atoms with Crippen molar-refractivity contribution < 1.29 is 28.2 Å². The molecule has 3 aromatic rings. The van der Waals surface area contributed by atoms with E-state index in [9.17, 15) is 9.59 Å². The zero-order valence-corrected chi connectivity index (χ0v) is 28.1. The SMILES string of the molecule is C[C@@H]1Cc2c(n(C(=O)OC(C)(C)C)c3ccccc23)[C@@H](c2ncc(O[C@@H]3CCN(C(=O)OC(C)(C)C)C3)s2)N1CC(C)(C)F. The van der Waals surface area contributed by atoms with Crippen LogP contribution in [0.5, 0.6) is 5.06 Å². The van der Waals surface area contributed by atoms with Crippen LogP contribution in [0.25, 0.3) is 10.9 Å². The van der Waals surface area contributed by atoms with Crippen LogP contribution in [0.4, 0.5) is 14.0 Å². The van der Waals surface area contributed by atoms with Crippen LogP contribution in [-0.4, -0.2) is 80.2 Å². The molecule has 0 aliphatic carbocycles. The van der Waals surface area contributed by atoms with Crippen molar-refractivity contribution in [1.82, 2.24) is 19.4 Å². The minimum atomic E-state index is -1.49. The maximum absolute atomic E-state index is 15.4. The first-order chi connectivity index (χ1) is 20.4. The highest BCUT2D eigenvalue weighted by molar-refractivity contribution is 7.13. The van der Waals surface area contributed by atoms with Gasteiger partial charge in [0.05, 0.1) is 24.0 Å². The number of fused-ring (bicyclic) bond motifs is 3. The van der Waals surface area contributed by atoms with Crippen LogP contribution in [0, 0.1) is 0 Å². The Morgan fingerprint density at radius 2 is 1.68 bits per heavy atom. The zero-order chi connectivity index (χ0) is 32.2. The van der Waals surface area contributed by atoms with Gasteiger partial charge in [-0.25, -0.2) is 23.5 Å². The molecule has 1 amide bonds. The van der Waals surface area contributed by atoms with Crippen LogP contribution < -0.4 is 4.74 Å². The molecule has 0 saturated carbocycles. The molecule has 0 N–H and O–H groups in total. The normalized spacial score (nSPS) is 21.4. The number of thiazole rings is 1. The van der Waals surface area contributed by atoms with Crippen LogP contribution in [0.1, 0.15) is 91.0 Å². The van der Waals surface area contributed by atoms with E-state index < -0.39 is 29.0 Å². The molecule has 0 spiro atoms. The van der Waals surface area contributed by atoms with Crippen molar-refractivity contribution in [1.29, 1.82) is 0 Å². The predicted molar refractivity (Wildman–Crippen MR) is 169 cm³/mol. The van der Waals surface area contributed by atoms with Crippen LogP contribution in [-0.2, 0) is 15.9 Å². The van der Waals surface area contributed by atoms with Crippen molar-refractivity contribution in [3.05, 3.63) is 46.7 Å². The molecule has 2 aliphatic rings. The molecule has 2 aromatic heterocycles. The van der Waals surface area contributed by atoms with E-state index in [0.29, 0.717) is 36.0 Å². The lowest BCUT2D eigenvalue weighted by Crippen LogP contribution is -2.48. The highest BCUT2D eigenvalue weighted by atomic mass is 32.1. The molecule has 4 heterocycles. The Balaban J connectivity index is 1.52. The summed E-state index contributed by atoms with van der Waals surface area (Å²) in [5.74, 6) is 0. The standard InChI is InChI=1S/C33H45FN4O5S/c1-20-16-23-22-12-10-11-13-24(22)38(30(40)43-32(5,6)7)26(23)27(37(20)19-33(8,9)34)28-35-17-25(44-28)41-21-14-15-36(18-21)29(39)42-31(2,3)4/h10-13,17,20-21,27H,14-16,18-19H2,1-9H3/t20-,21-,27+/m1/s1. The maximum atomic E-state index is 15.4. The van der Waals surface area contributed by atoms with E-state index in [1.165, 1.54) is 11.3 Å². The first kappa shape index (κ1) is 32.2. The molecule has 44 heavy (non-hydrogen) atoms. The van der Waals surface area contributed by atoms with Crippen molar-refractivity contribution >= 4 is 34.4 Å². The van der Waals surface area contributed by atoms with E-state index >= 15 is 4.39 Å². The topological polar surface area (TPSA) is 86.1 Å². The fourth-order valence-corrected chi connectivity index (χ4v) is 6.99. The van der Waals surface area contributed by atoms with Gasteiger partial charge in [0.25, 0.3) is 0 Å². The predicted octanol–water partition coefficient (Wildman–Crippen LogP) is 7.35. The summed E-state index contributed by atoms with van der Waals surface area (Å²) in [5.41, 5.74) is -0.214. The number of amides is 1. The van der Waals surface area contributed by atoms with Crippen LogP contribution in [0.2, 0.25) is 0 Å². The van der Waals surface area contributed by atoms with Crippen LogP contribution in [0.15, 0.2) is 30.5 Å². The Morgan fingerprint density at radius 3 is 2.34 bits per heavy atom. The molecule has 1 aromatic carbocycles. The van der Waals surface area contributed by atoms with Crippen molar-refractivity contribution in [2.75, 3.05) is 19.6 Å². The number of hydrogen-bond donors (Lipinski definition) is 0. The fourth-order valence-electron chi connectivity index (χ4n) is 6.03. The largest absolute Gasteiger partial charge is 0.477 e. The lowest BCUT2D eigenvalue weighted by atomic mass is 9.91. The molecule has 0 bridgehead atoms. The Kier molecular flexibility index (Phi) is 8.52. The van der Waals surface area contributed by atoms with Gasteiger partial charge in [-0.1, -0.05) is 29.5 Å². The number of ether oxygens (including phenoxy) is 3. The third-order valence-corrected chi connectivity index (χ3v) is 8.57. The van der Waals surface area contributed by atoms with Gasteiger partial charge in [-0.2, -0.15) is 0 Å². The average Bonchev–Trinajstić information content (AvgIpc) is 3.60. The Morgan fingerprint density at radius 1 is 1.02 bits per heavy atom. The fraction of sp³-hybridized carbons (Fsp3) is 0.606. The molecule has 2 aliphatic heterocycles. The van der Waals surface area contributed by atoms with Gasteiger partial charge in [0, 0.05) is 30.9 Å². The van der Waals surface area contributed by atoms with Crippen molar-refractivity contribution in [2.24, 2.45) is 0 Å². The molecule has 240 valence electrons. The number of halogens is 1. The second-order valence-electron chi connectivity index (χ2n) is 14.5. The van der Waals surface area contributed by atoms with E-state index in [4.69, 9.17) is 19.2 Å². The summed E-state index contributed by atoms with van der Waals surface area (Å²) >= 11 is 1.39. The van der Waals surface area contributed by atoms with Crippen molar-refractivity contribution in [3.63, 3.8) is 0 Å². The Bertz CT molecular complexity index is 1530. The quantitative estimate of drug-likeness (QED) is 0.292.